The van der Waals surface area contributed by atoms with Crippen LogP contribution < -0.4 is 15.4 Å². The number of benzene rings is 2. The Bertz CT molecular complexity index is 2190. The zero-order chi connectivity index (χ0) is 33.5. The van der Waals surface area contributed by atoms with Crippen molar-refractivity contribution in [1.82, 2.24) is 24.4 Å². The topological polar surface area (TPSA) is 90.4 Å². The summed E-state index contributed by atoms with van der Waals surface area (Å²) in [7, 11) is 1.81. The Labute approximate surface area is 271 Å². The van der Waals surface area contributed by atoms with Gasteiger partial charge in [0, 0.05) is 49.9 Å². The molecule has 2 atom stereocenters. The molecule has 9 nitrogen and oxygen atoms in total. The van der Waals surface area contributed by atoms with Crippen LogP contribution in [0.1, 0.15) is 43.5 Å². The molecular formula is C36H37F2N7O2. The van der Waals surface area contributed by atoms with E-state index in [-0.39, 0.29) is 40.4 Å². The van der Waals surface area contributed by atoms with E-state index in [0.717, 1.165) is 5.56 Å². The number of aryl methyl sites for hydroxylation is 2. The lowest BCUT2D eigenvalue weighted by atomic mass is 9.93. The molecule has 0 radical (unpaired) electrons. The molecule has 3 aromatic heterocycles. The van der Waals surface area contributed by atoms with Gasteiger partial charge in [-0.05, 0) is 62.1 Å². The summed E-state index contributed by atoms with van der Waals surface area (Å²) < 4.78 is 35.8. The number of anilines is 2. The first-order chi connectivity index (χ1) is 22.4. The quantitative estimate of drug-likeness (QED) is 0.244. The molecule has 2 aromatic carbocycles. The molecule has 1 amide bonds. The summed E-state index contributed by atoms with van der Waals surface area (Å²) in [6.45, 7) is 14.4. The number of nitrogens with one attached hydrogen (secondary N) is 1. The van der Waals surface area contributed by atoms with E-state index in [1.807, 2.05) is 45.7 Å². The highest BCUT2D eigenvalue weighted by Crippen LogP contribution is 2.45. The number of imidazole rings is 1. The number of nitrogens with zero attached hydrogens (tertiary/aromatic N) is 6. The van der Waals surface area contributed by atoms with Gasteiger partial charge in [-0.15, -0.1) is 0 Å². The summed E-state index contributed by atoms with van der Waals surface area (Å²) in [5.41, 5.74) is 4.01. The number of hydrogen-bond donors (Lipinski definition) is 1. The molecule has 5 heterocycles. The second-order valence-electron chi connectivity index (χ2n) is 13.1. The molecule has 1 saturated heterocycles. The van der Waals surface area contributed by atoms with Gasteiger partial charge in [-0.25, -0.2) is 13.8 Å². The van der Waals surface area contributed by atoms with Gasteiger partial charge < -0.3 is 19.7 Å². The maximum absolute atomic E-state index is 17.6. The number of hydrogen-bond acceptors (Lipinski definition) is 6. The second-order valence-corrected chi connectivity index (χ2v) is 13.1. The van der Waals surface area contributed by atoms with Crippen molar-refractivity contribution in [3.05, 3.63) is 88.3 Å². The first-order valence-corrected chi connectivity index (χ1v) is 15.8. The highest BCUT2D eigenvalue weighted by molar-refractivity contribution is 6.05. The van der Waals surface area contributed by atoms with Crippen molar-refractivity contribution in [2.45, 2.75) is 52.6 Å². The third-order valence-corrected chi connectivity index (χ3v) is 9.73. The molecule has 47 heavy (non-hydrogen) atoms. The van der Waals surface area contributed by atoms with Crippen molar-refractivity contribution in [1.29, 1.82) is 0 Å². The van der Waals surface area contributed by atoms with E-state index in [4.69, 9.17) is 0 Å². The van der Waals surface area contributed by atoms with Gasteiger partial charge in [0.2, 0.25) is 5.91 Å². The van der Waals surface area contributed by atoms with Gasteiger partial charge in [-0.1, -0.05) is 26.5 Å². The van der Waals surface area contributed by atoms with Crippen LogP contribution >= 0.6 is 0 Å². The van der Waals surface area contributed by atoms with Crippen molar-refractivity contribution in [3.63, 3.8) is 0 Å². The normalized spacial score (nSPS) is 17.9. The molecule has 2 unspecified atom stereocenters. The fourth-order valence-electron chi connectivity index (χ4n) is 7.53. The fraction of sp³-hybridized carbons (Fsp3) is 0.333. The third-order valence-electron chi connectivity index (χ3n) is 9.73. The number of rotatable bonds is 4. The minimum Gasteiger partial charge on any atom is -0.366 e. The van der Waals surface area contributed by atoms with Gasteiger partial charge >= 0.3 is 0 Å². The van der Waals surface area contributed by atoms with Gasteiger partial charge in [0.15, 0.2) is 5.82 Å². The van der Waals surface area contributed by atoms with E-state index in [1.165, 1.54) is 23.0 Å². The second kappa shape index (κ2) is 11.0. The SMILES string of the molecule is C=CC(=O)N1CC2CN(C)c3c(c4cc(F)c(-c5c(C)ccc6[nH]cnc56)c(F)c4n(-c4c(C)ccnc4C(C)C)c3=O)N2CC1C. The highest BCUT2D eigenvalue weighted by atomic mass is 19.1. The van der Waals surface area contributed by atoms with Gasteiger partial charge in [0.05, 0.1) is 51.6 Å². The summed E-state index contributed by atoms with van der Waals surface area (Å²) >= 11 is 0. The summed E-state index contributed by atoms with van der Waals surface area (Å²) in [5, 5.41) is 0.274. The molecule has 0 aliphatic carbocycles. The van der Waals surface area contributed by atoms with Gasteiger partial charge in [-0.2, -0.15) is 0 Å². The zero-order valence-corrected chi connectivity index (χ0v) is 27.4. The van der Waals surface area contributed by atoms with Crippen LogP contribution in [0.3, 0.4) is 0 Å². The lowest BCUT2D eigenvalue weighted by Crippen LogP contribution is -2.64. The monoisotopic (exact) mass is 637 g/mol. The van der Waals surface area contributed by atoms with Crippen LogP contribution in [-0.2, 0) is 4.79 Å². The fourth-order valence-corrected chi connectivity index (χ4v) is 7.53. The smallest absolute Gasteiger partial charge is 0.281 e. The summed E-state index contributed by atoms with van der Waals surface area (Å²) in [6.07, 6.45) is 4.49. The number of amides is 1. The van der Waals surface area contributed by atoms with E-state index in [0.29, 0.717) is 64.6 Å². The molecule has 0 bridgehead atoms. The number of carbonyl (C=O) groups excluding carboxylic acids is 1. The molecule has 2 aliphatic rings. The van der Waals surface area contributed by atoms with E-state index < -0.39 is 17.2 Å². The average Bonchev–Trinajstić information content (AvgIpc) is 3.51. The predicted octanol–water partition coefficient (Wildman–Crippen LogP) is 5.99. The van der Waals surface area contributed by atoms with Crippen LogP contribution in [0.2, 0.25) is 0 Å². The molecule has 242 valence electrons. The predicted molar refractivity (Wildman–Crippen MR) is 182 cm³/mol. The Morgan fingerprint density at radius 3 is 2.53 bits per heavy atom. The number of H-pyrrole nitrogens is 1. The van der Waals surface area contributed by atoms with Crippen LogP contribution in [0.15, 0.2) is 54.2 Å². The number of aromatic nitrogens is 4. The molecule has 1 N–H and O–H groups in total. The minimum atomic E-state index is -0.852. The number of carbonyl (C=O) groups is 1. The number of piperazine rings is 1. The van der Waals surface area contributed by atoms with Gasteiger partial charge in [0.1, 0.15) is 11.5 Å². The first-order valence-electron chi connectivity index (χ1n) is 15.8. The molecule has 0 spiro atoms. The Morgan fingerprint density at radius 2 is 1.81 bits per heavy atom. The maximum Gasteiger partial charge on any atom is 0.281 e. The van der Waals surface area contributed by atoms with Crippen LogP contribution in [0.25, 0.3) is 38.8 Å². The Balaban J connectivity index is 1.63. The van der Waals surface area contributed by atoms with E-state index in [1.54, 1.807) is 30.2 Å². The highest BCUT2D eigenvalue weighted by Gasteiger charge is 2.42. The molecule has 7 rings (SSSR count). The van der Waals surface area contributed by atoms with Crippen molar-refractivity contribution >= 4 is 39.2 Å². The molecule has 2 aliphatic heterocycles. The molecular weight excluding hydrogens is 600 g/mol. The number of aromatic amines is 1. The molecule has 0 saturated carbocycles. The first kappa shape index (κ1) is 30.6. The molecule has 5 aromatic rings. The van der Waals surface area contributed by atoms with Crippen molar-refractivity contribution in [2.24, 2.45) is 0 Å². The van der Waals surface area contributed by atoms with E-state index >= 15 is 8.78 Å². The minimum absolute atomic E-state index is 0.0265. The van der Waals surface area contributed by atoms with E-state index in [9.17, 15) is 9.59 Å². The molecule has 1 fully saturated rings. The molecule has 11 heteroatoms. The maximum atomic E-state index is 17.6. The standard InChI is InChI=1S/C36H37F2N7O2/c1-8-26(46)43-16-22-15-42(7)35-34(44(22)14-21(43)6)23-13-24(37)28(27-19(4)9-10-25-31(27)41-17-40-25)29(38)33(23)45(36(35)47)32-20(5)11-12-39-30(32)18(2)3/h8-13,17-18,21-22H,1,14-16H2,2-7H3,(H,40,41). The van der Waals surface area contributed by atoms with E-state index in [2.05, 4.69) is 26.4 Å². The summed E-state index contributed by atoms with van der Waals surface area (Å²) in [6, 6.07) is 6.33. The lowest BCUT2D eigenvalue weighted by Gasteiger charge is -2.51. The number of pyridine rings is 2. The Hall–Kier alpha value is -5.06. The Morgan fingerprint density at radius 1 is 1.04 bits per heavy atom. The van der Waals surface area contributed by atoms with Crippen LogP contribution in [0, 0.1) is 25.5 Å². The van der Waals surface area contributed by atoms with Crippen LogP contribution in [0.5, 0.6) is 0 Å². The number of halogens is 2. The summed E-state index contributed by atoms with van der Waals surface area (Å²) in [4.78, 5) is 45.5. The third kappa shape index (κ3) is 4.46. The zero-order valence-electron chi connectivity index (χ0n) is 27.4. The van der Waals surface area contributed by atoms with Crippen LogP contribution in [0.4, 0.5) is 20.2 Å². The van der Waals surface area contributed by atoms with Gasteiger partial charge in [0.25, 0.3) is 5.56 Å². The van der Waals surface area contributed by atoms with Crippen molar-refractivity contribution in [3.8, 4) is 16.8 Å². The Kier molecular flexibility index (Phi) is 7.18. The number of likely N-dealkylation sites (N-methyl/N-ethyl adjacent to an activating group) is 1. The lowest BCUT2D eigenvalue weighted by molar-refractivity contribution is -0.128. The summed E-state index contributed by atoms with van der Waals surface area (Å²) in [5.74, 6) is -1.88. The van der Waals surface area contributed by atoms with Crippen LogP contribution in [-0.4, -0.2) is 69.1 Å². The largest absolute Gasteiger partial charge is 0.366 e. The van der Waals surface area contributed by atoms with Crippen molar-refractivity contribution < 1.29 is 13.6 Å². The number of fused-ring (bicyclic) bond motifs is 6. The van der Waals surface area contributed by atoms with Crippen molar-refractivity contribution in [2.75, 3.05) is 36.5 Å². The van der Waals surface area contributed by atoms with Gasteiger partial charge in [-0.3, -0.25) is 19.1 Å². The average molecular weight is 638 g/mol.